The molecule has 7 nitrogen and oxygen atoms in total. The first kappa shape index (κ1) is 20.4. The normalized spacial score (nSPS) is 15.8. The summed E-state index contributed by atoms with van der Waals surface area (Å²) >= 11 is 3.28. The Morgan fingerprint density at radius 2 is 1.79 bits per heavy atom. The molecule has 8 heteroatoms. The van der Waals surface area contributed by atoms with Crippen LogP contribution in [0.5, 0.6) is 0 Å². The van der Waals surface area contributed by atoms with Crippen LogP contribution in [0, 0.1) is 10.1 Å². The zero-order valence-corrected chi connectivity index (χ0v) is 17.1. The van der Waals surface area contributed by atoms with Crippen molar-refractivity contribution in [2.45, 2.75) is 13.0 Å². The molecule has 0 spiro atoms. The van der Waals surface area contributed by atoms with Crippen LogP contribution in [0.3, 0.4) is 0 Å². The molecule has 2 aromatic carbocycles. The fourth-order valence-corrected chi connectivity index (χ4v) is 3.76. The van der Waals surface area contributed by atoms with Crippen molar-refractivity contribution in [2.75, 3.05) is 38.0 Å². The number of nitro benzene ring substituents is 1. The van der Waals surface area contributed by atoms with Crippen molar-refractivity contribution in [1.29, 1.82) is 0 Å². The van der Waals surface area contributed by atoms with Crippen molar-refractivity contribution < 1.29 is 9.72 Å². The van der Waals surface area contributed by atoms with E-state index in [9.17, 15) is 14.9 Å². The standard InChI is InChI=1S/C20H23BrN4O3/c21-18-13-17(25(27)28)7-8-19(18)22-20(26)15-24-10-4-9-23(11-12-24)14-16-5-2-1-3-6-16/h1-3,5-8,13H,4,9-12,14-15H2,(H,22,26). The molecule has 1 fully saturated rings. The summed E-state index contributed by atoms with van der Waals surface area (Å²) in [6.45, 7) is 4.88. The van der Waals surface area contributed by atoms with Gasteiger partial charge in [0.15, 0.2) is 0 Å². The Kier molecular flexibility index (Phi) is 7.13. The number of carbonyl (C=O) groups is 1. The zero-order chi connectivity index (χ0) is 19.9. The van der Waals surface area contributed by atoms with Gasteiger partial charge in [0.1, 0.15) is 0 Å². The molecule has 0 saturated carbocycles. The van der Waals surface area contributed by atoms with Crippen LogP contribution < -0.4 is 5.32 Å². The zero-order valence-electron chi connectivity index (χ0n) is 15.5. The lowest BCUT2D eigenvalue weighted by molar-refractivity contribution is -0.384. The lowest BCUT2D eigenvalue weighted by Gasteiger charge is -2.21. The lowest BCUT2D eigenvalue weighted by atomic mass is 10.2. The topological polar surface area (TPSA) is 78.7 Å². The van der Waals surface area contributed by atoms with Crippen LogP contribution in [0.2, 0.25) is 0 Å². The highest BCUT2D eigenvalue weighted by atomic mass is 79.9. The minimum Gasteiger partial charge on any atom is -0.324 e. The number of nitrogens with one attached hydrogen (secondary N) is 1. The van der Waals surface area contributed by atoms with Gasteiger partial charge in [0.2, 0.25) is 5.91 Å². The molecular formula is C20H23BrN4O3. The van der Waals surface area contributed by atoms with E-state index >= 15 is 0 Å². The number of hydrogen-bond donors (Lipinski definition) is 1. The summed E-state index contributed by atoms with van der Waals surface area (Å²) in [7, 11) is 0. The highest BCUT2D eigenvalue weighted by molar-refractivity contribution is 9.10. The molecule has 0 atom stereocenters. The van der Waals surface area contributed by atoms with E-state index in [1.807, 2.05) is 6.07 Å². The van der Waals surface area contributed by atoms with Gasteiger partial charge < -0.3 is 5.32 Å². The number of non-ortho nitro benzene ring substituents is 1. The average Bonchev–Trinajstić information content (AvgIpc) is 2.89. The predicted molar refractivity (Wildman–Crippen MR) is 112 cm³/mol. The molecule has 1 amide bonds. The maximum atomic E-state index is 12.4. The highest BCUT2D eigenvalue weighted by Gasteiger charge is 2.18. The van der Waals surface area contributed by atoms with E-state index in [0.717, 1.165) is 39.1 Å². The Morgan fingerprint density at radius 1 is 1.07 bits per heavy atom. The number of carbonyl (C=O) groups excluding carboxylic acids is 1. The molecule has 0 aliphatic carbocycles. The summed E-state index contributed by atoms with van der Waals surface area (Å²) in [5.41, 5.74) is 1.82. The average molecular weight is 447 g/mol. The van der Waals surface area contributed by atoms with Crippen molar-refractivity contribution in [1.82, 2.24) is 9.80 Å². The number of hydrogen-bond acceptors (Lipinski definition) is 5. The molecule has 1 aliphatic rings. The Morgan fingerprint density at radius 3 is 2.50 bits per heavy atom. The van der Waals surface area contributed by atoms with Crippen LogP contribution in [-0.2, 0) is 11.3 Å². The Hall–Kier alpha value is -2.29. The second-order valence-corrected chi connectivity index (χ2v) is 7.72. The van der Waals surface area contributed by atoms with E-state index in [2.05, 4.69) is 55.3 Å². The minimum absolute atomic E-state index is 0.0177. The molecule has 1 aliphatic heterocycles. The van der Waals surface area contributed by atoms with Gasteiger partial charge >= 0.3 is 0 Å². The Bertz CT molecular complexity index is 831. The van der Waals surface area contributed by atoms with Crippen LogP contribution >= 0.6 is 15.9 Å². The lowest BCUT2D eigenvalue weighted by Crippen LogP contribution is -2.36. The third-order valence-corrected chi connectivity index (χ3v) is 5.39. The number of benzene rings is 2. The molecule has 0 radical (unpaired) electrons. The van der Waals surface area contributed by atoms with Crippen molar-refractivity contribution in [3.8, 4) is 0 Å². The van der Waals surface area contributed by atoms with E-state index in [-0.39, 0.29) is 11.6 Å². The van der Waals surface area contributed by atoms with Gasteiger partial charge in [-0.15, -0.1) is 0 Å². The first-order valence-corrected chi connectivity index (χ1v) is 10.0. The quantitative estimate of drug-likeness (QED) is 0.542. The maximum Gasteiger partial charge on any atom is 0.270 e. The molecule has 3 rings (SSSR count). The van der Waals surface area contributed by atoms with Gasteiger partial charge in [-0.1, -0.05) is 30.3 Å². The van der Waals surface area contributed by atoms with E-state index < -0.39 is 4.92 Å². The monoisotopic (exact) mass is 446 g/mol. The van der Waals surface area contributed by atoms with Crippen molar-refractivity contribution in [3.05, 3.63) is 68.7 Å². The van der Waals surface area contributed by atoms with Gasteiger partial charge in [-0.2, -0.15) is 0 Å². The van der Waals surface area contributed by atoms with E-state index in [0.29, 0.717) is 16.7 Å². The molecule has 0 unspecified atom stereocenters. The summed E-state index contributed by atoms with van der Waals surface area (Å²) in [5, 5.41) is 13.6. The number of halogens is 1. The first-order chi connectivity index (χ1) is 13.5. The maximum absolute atomic E-state index is 12.4. The second-order valence-electron chi connectivity index (χ2n) is 6.86. The summed E-state index contributed by atoms with van der Waals surface area (Å²) < 4.78 is 0.500. The number of rotatable bonds is 6. The van der Waals surface area contributed by atoms with Gasteiger partial charge in [0.05, 0.1) is 17.2 Å². The third kappa shape index (κ3) is 5.85. The number of nitrogens with zero attached hydrogens (tertiary/aromatic N) is 3. The molecule has 148 valence electrons. The SMILES string of the molecule is O=C(CN1CCCN(Cc2ccccc2)CC1)Nc1ccc([N+](=O)[O-])cc1Br. The third-order valence-electron chi connectivity index (χ3n) is 4.73. The van der Waals surface area contributed by atoms with Gasteiger partial charge in [-0.05, 0) is 47.1 Å². The molecule has 1 N–H and O–H groups in total. The van der Waals surface area contributed by atoms with Crippen LogP contribution in [0.4, 0.5) is 11.4 Å². The van der Waals surface area contributed by atoms with Gasteiger partial charge in [0.25, 0.3) is 5.69 Å². The number of nitro groups is 1. The summed E-state index contributed by atoms with van der Waals surface area (Å²) in [5.74, 6) is -0.119. The van der Waals surface area contributed by atoms with E-state index in [4.69, 9.17) is 0 Å². The first-order valence-electron chi connectivity index (χ1n) is 9.24. The van der Waals surface area contributed by atoms with Gasteiger partial charge in [0, 0.05) is 36.2 Å². The highest BCUT2D eigenvalue weighted by Crippen LogP contribution is 2.27. The fraction of sp³-hybridized carbons (Fsp3) is 0.350. The molecular weight excluding hydrogens is 424 g/mol. The molecule has 1 saturated heterocycles. The van der Waals surface area contributed by atoms with E-state index in [1.165, 1.54) is 17.7 Å². The van der Waals surface area contributed by atoms with Crippen LogP contribution in [0.25, 0.3) is 0 Å². The summed E-state index contributed by atoms with van der Waals surface area (Å²) in [6.07, 6.45) is 1.02. The number of amides is 1. The molecule has 2 aromatic rings. The molecule has 0 aromatic heterocycles. The van der Waals surface area contributed by atoms with Crippen LogP contribution in [0.1, 0.15) is 12.0 Å². The van der Waals surface area contributed by atoms with E-state index in [1.54, 1.807) is 6.07 Å². The fourth-order valence-electron chi connectivity index (χ4n) is 3.29. The summed E-state index contributed by atoms with van der Waals surface area (Å²) in [6, 6.07) is 14.7. The predicted octanol–water partition coefficient (Wildman–Crippen LogP) is 3.50. The Labute approximate surface area is 172 Å². The van der Waals surface area contributed by atoms with Crippen LogP contribution in [0.15, 0.2) is 53.0 Å². The Balaban J connectivity index is 1.50. The van der Waals surface area contributed by atoms with Crippen LogP contribution in [-0.4, -0.2) is 53.4 Å². The molecule has 0 bridgehead atoms. The van der Waals surface area contributed by atoms with Crippen molar-refractivity contribution in [2.24, 2.45) is 0 Å². The van der Waals surface area contributed by atoms with Crippen molar-refractivity contribution >= 4 is 33.2 Å². The largest absolute Gasteiger partial charge is 0.324 e. The molecule has 1 heterocycles. The van der Waals surface area contributed by atoms with Gasteiger partial charge in [-0.25, -0.2) is 0 Å². The van der Waals surface area contributed by atoms with Crippen molar-refractivity contribution in [3.63, 3.8) is 0 Å². The smallest absolute Gasteiger partial charge is 0.270 e. The second kappa shape index (κ2) is 9.77. The molecule has 28 heavy (non-hydrogen) atoms. The van der Waals surface area contributed by atoms with Gasteiger partial charge in [-0.3, -0.25) is 24.7 Å². The number of anilines is 1. The minimum atomic E-state index is -0.464. The summed E-state index contributed by atoms with van der Waals surface area (Å²) in [4.78, 5) is 27.3.